The first-order chi connectivity index (χ1) is 12.3. The summed E-state index contributed by atoms with van der Waals surface area (Å²) in [6.07, 6.45) is 2.19. The molecule has 0 unspecified atom stereocenters. The summed E-state index contributed by atoms with van der Waals surface area (Å²) in [5.74, 6) is 2.88. The van der Waals surface area contributed by atoms with Gasteiger partial charge in [-0.15, -0.1) is 0 Å². The second kappa shape index (κ2) is 7.91. The Morgan fingerprint density at radius 2 is 2.08 bits per heavy atom. The SMILES string of the molecule is Cc1ccc(CN(C(=O)CSc2nc(C)c(C)n2CC(C)C)C2CC2)o1. The van der Waals surface area contributed by atoms with Gasteiger partial charge in [0.15, 0.2) is 5.16 Å². The van der Waals surface area contributed by atoms with Gasteiger partial charge in [-0.25, -0.2) is 4.98 Å². The number of hydrogen-bond donors (Lipinski definition) is 0. The molecular weight excluding hydrogens is 346 g/mol. The molecule has 1 aliphatic carbocycles. The van der Waals surface area contributed by atoms with Crippen LogP contribution in [0.15, 0.2) is 21.7 Å². The number of rotatable bonds is 8. The van der Waals surface area contributed by atoms with Crippen LogP contribution in [0.5, 0.6) is 0 Å². The Labute approximate surface area is 160 Å². The van der Waals surface area contributed by atoms with E-state index in [0.29, 0.717) is 24.3 Å². The molecule has 6 heteroatoms. The Hall–Kier alpha value is -1.69. The maximum atomic E-state index is 12.9. The van der Waals surface area contributed by atoms with Crippen LogP contribution < -0.4 is 0 Å². The number of aryl methyl sites for hydroxylation is 2. The summed E-state index contributed by atoms with van der Waals surface area (Å²) >= 11 is 1.55. The van der Waals surface area contributed by atoms with Gasteiger partial charge in [-0.1, -0.05) is 25.6 Å². The molecule has 5 nitrogen and oxygen atoms in total. The zero-order chi connectivity index (χ0) is 18.8. The third-order valence-electron chi connectivity index (χ3n) is 4.73. The summed E-state index contributed by atoms with van der Waals surface area (Å²) in [5, 5.41) is 0.951. The molecule has 26 heavy (non-hydrogen) atoms. The molecule has 2 aromatic heterocycles. The molecule has 1 fully saturated rings. The third kappa shape index (κ3) is 4.53. The maximum Gasteiger partial charge on any atom is 0.233 e. The first kappa shape index (κ1) is 19.1. The lowest BCUT2D eigenvalue weighted by molar-refractivity contribution is -0.129. The number of amides is 1. The van der Waals surface area contributed by atoms with E-state index in [2.05, 4.69) is 30.3 Å². The van der Waals surface area contributed by atoms with Crippen LogP contribution in [0.1, 0.15) is 49.6 Å². The molecule has 2 aromatic rings. The molecule has 142 valence electrons. The van der Waals surface area contributed by atoms with Gasteiger partial charge in [0, 0.05) is 18.3 Å². The Kier molecular flexibility index (Phi) is 5.80. The van der Waals surface area contributed by atoms with Gasteiger partial charge in [0.1, 0.15) is 11.5 Å². The normalized spacial score (nSPS) is 14.2. The van der Waals surface area contributed by atoms with Crippen LogP contribution in [0.25, 0.3) is 0 Å². The average Bonchev–Trinajstić information content (AvgIpc) is 3.29. The Morgan fingerprint density at radius 1 is 1.35 bits per heavy atom. The van der Waals surface area contributed by atoms with E-state index in [1.54, 1.807) is 11.8 Å². The number of imidazole rings is 1. The largest absolute Gasteiger partial charge is 0.464 e. The van der Waals surface area contributed by atoms with Gasteiger partial charge in [0.2, 0.25) is 5.91 Å². The number of aromatic nitrogens is 2. The molecule has 1 aliphatic rings. The number of furan rings is 1. The minimum atomic E-state index is 0.168. The maximum absolute atomic E-state index is 12.9. The highest BCUT2D eigenvalue weighted by Gasteiger charge is 2.33. The first-order valence-electron chi connectivity index (χ1n) is 9.36. The molecule has 0 radical (unpaired) electrons. The lowest BCUT2D eigenvalue weighted by Gasteiger charge is -2.21. The standard InChI is InChI=1S/C20H29N3O2S/c1-13(2)10-22-16(5)15(4)21-20(22)26-12-19(24)23(17-7-8-17)11-18-9-6-14(3)25-18/h6,9,13,17H,7-8,10-12H2,1-5H3. The van der Waals surface area contributed by atoms with Crippen molar-refractivity contribution >= 4 is 17.7 Å². The van der Waals surface area contributed by atoms with Crippen LogP contribution in [0.4, 0.5) is 0 Å². The Morgan fingerprint density at radius 3 is 2.65 bits per heavy atom. The summed E-state index contributed by atoms with van der Waals surface area (Å²) in [6.45, 7) is 12.0. The zero-order valence-corrected chi connectivity index (χ0v) is 17.2. The van der Waals surface area contributed by atoms with E-state index in [9.17, 15) is 4.79 Å². The fraction of sp³-hybridized carbons (Fsp3) is 0.600. The van der Waals surface area contributed by atoms with Crippen molar-refractivity contribution in [1.82, 2.24) is 14.5 Å². The molecule has 3 rings (SSSR count). The predicted octanol–water partition coefficient (Wildman–Crippen LogP) is 4.34. The van der Waals surface area contributed by atoms with E-state index in [1.165, 1.54) is 5.69 Å². The fourth-order valence-electron chi connectivity index (χ4n) is 3.07. The predicted molar refractivity (Wildman–Crippen MR) is 104 cm³/mol. The van der Waals surface area contributed by atoms with Crippen molar-refractivity contribution in [2.45, 2.75) is 71.7 Å². The summed E-state index contributed by atoms with van der Waals surface area (Å²) in [7, 11) is 0. The lowest BCUT2D eigenvalue weighted by atomic mass is 10.2. The molecule has 1 saturated carbocycles. The Bertz CT molecular complexity index is 774. The summed E-state index contributed by atoms with van der Waals surface area (Å²) in [4.78, 5) is 19.5. The summed E-state index contributed by atoms with van der Waals surface area (Å²) < 4.78 is 7.91. The van der Waals surface area contributed by atoms with Crippen molar-refractivity contribution < 1.29 is 9.21 Å². The highest BCUT2D eigenvalue weighted by Crippen LogP contribution is 2.30. The molecule has 0 saturated heterocycles. The number of hydrogen-bond acceptors (Lipinski definition) is 4. The first-order valence-corrected chi connectivity index (χ1v) is 10.3. The average molecular weight is 376 g/mol. The molecule has 0 bridgehead atoms. The third-order valence-corrected chi connectivity index (χ3v) is 5.69. The van der Waals surface area contributed by atoms with E-state index >= 15 is 0 Å². The molecule has 0 atom stereocenters. The van der Waals surface area contributed by atoms with Gasteiger partial charge in [0.25, 0.3) is 0 Å². The molecule has 1 amide bonds. The number of carbonyl (C=O) groups is 1. The number of carbonyl (C=O) groups excluding carboxylic acids is 1. The topological polar surface area (TPSA) is 51.3 Å². The summed E-state index contributed by atoms with van der Waals surface area (Å²) in [5.41, 5.74) is 2.24. The van der Waals surface area contributed by atoms with Gasteiger partial charge in [-0.2, -0.15) is 0 Å². The van der Waals surface area contributed by atoms with Gasteiger partial charge in [-0.3, -0.25) is 4.79 Å². The highest BCUT2D eigenvalue weighted by atomic mass is 32.2. The van der Waals surface area contributed by atoms with Crippen molar-refractivity contribution in [2.75, 3.05) is 5.75 Å². The zero-order valence-electron chi connectivity index (χ0n) is 16.4. The van der Waals surface area contributed by atoms with E-state index in [-0.39, 0.29) is 5.91 Å². The molecular formula is C20H29N3O2S. The molecule has 0 spiro atoms. The highest BCUT2D eigenvalue weighted by molar-refractivity contribution is 7.99. The van der Waals surface area contributed by atoms with Gasteiger partial charge >= 0.3 is 0 Å². The molecule has 2 heterocycles. The van der Waals surface area contributed by atoms with Crippen molar-refractivity contribution in [1.29, 1.82) is 0 Å². The minimum absolute atomic E-state index is 0.168. The van der Waals surface area contributed by atoms with Crippen molar-refractivity contribution in [3.8, 4) is 0 Å². The van der Waals surface area contributed by atoms with E-state index < -0.39 is 0 Å². The van der Waals surface area contributed by atoms with Crippen LogP contribution in [-0.4, -0.2) is 32.2 Å². The second-order valence-corrected chi connectivity index (χ2v) is 8.57. The minimum Gasteiger partial charge on any atom is -0.464 e. The molecule has 0 N–H and O–H groups in total. The van der Waals surface area contributed by atoms with Gasteiger partial charge < -0.3 is 13.9 Å². The van der Waals surface area contributed by atoms with Crippen LogP contribution in [0.2, 0.25) is 0 Å². The number of thioether (sulfide) groups is 1. The quantitative estimate of drug-likeness (QED) is 0.644. The van der Waals surface area contributed by atoms with Crippen LogP contribution in [0.3, 0.4) is 0 Å². The van der Waals surface area contributed by atoms with Crippen molar-refractivity contribution in [2.24, 2.45) is 5.92 Å². The van der Waals surface area contributed by atoms with Crippen LogP contribution in [0, 0.1) is 26.7 Å². The van der Waals surface area contributed by atoms with Gasteiger partial charge in [0.05, 0.1) is 18.0 Å². The van der Waals surface area contributed by atoms with Crippen LogP contribution >= 0.6 is 11.8 Å². The second-order valence-electron chi connectivity index (χ2n) is 7.62. The van der Waals surface area contributed by atoms with Crippen LogP contribution in [-0.2, 0) is 17.9 Å². The molecule has 0 aromatic carbocycles. The monoisotopic (exact) mass is 375 g/mol. The number of nitrogens with zero attached hydrogens (tertiary/aromatic N) is 3. The van der Waals surface area contributed by atoms with Gasteiger partial charge in [-0.05, 0) is 51.7 Å². The van der Waals surface area contributed by atoms with E-state index in [0.717, 1.165) is 41.8 Å². The Balaban J connectivity index is 1.66. The lowest BCUT2D eigenvalue weighted by Crippen LogP contribution is -2.33. The fourth-order valence-corrected chi connectivity index (χ4v) is 4.06. The van der Waals surface area contributed by atoms with E-state index in [1.807, 2.05) is 30.9 Å². The smallest absolute Gasteiger partial charge is 0.233 e. The van der Waals surface area contributed by atoms with Crippen molar-refractivity contribution in [3.63, 3.8) is 0 Å². The van der Waals surface area contributed by atoms with Crippen molar-refractivity contribution in [3.05, 3.63) is 35.0 Å². The summed E-state index contributed by atoms with van der Waals surface area (Å²) in [6, 6.07) is 4.29. The molecule has 0 aliphatic heterocycles. The van der Waals surface area contributed by atoms with E-state index in [4.69, 9.17) is 4.42 Å².